The summed E-state index contributed by atoms with van der Waals surface area (Å²) in [6.07, 6.45) is 2.22. The third-order valence-electron chi connectivity index (χ3n) is 5.00. The highest BCUT2D eigenvalue weighted by molar-refractivity contribution is 5.44. The average Bonchev–Trinajstić information content (AvgIpc) is 3.01. The molecule has 5 nitrogen and oxygen atoms in total. The lowest BCUT2D eigenvalue weighted by atomic mass is 10.2. The molecule has 1 saturated carbocycles. The minimum Gasteiger partial charge on any atom is -0.377 e. The van der Waals surface area contributed by atoms with E-state index in [0.717, 1.165) is 30.5 Å². The van der Waals surface area contributed by atoms with Crippen LogP contribution in [0.15, 0.2) is 24.5 Å². The van der Waals surface area contributed by atoms with Crippen LogP contribution >= 0.6 is 0 Å². The highest BCUT2D eigenvalue weighted by Crippen LogP contribution is 2.46. The fraction of sp³-hybridized carbons (Fsp3) is 0.556. The molecule has 2 aliphatic rings. The summed E-state index contributed by atoms with van der Waals surface area (Å²) in [6.45, 7) is 5.21. The van der Waals surface area contributed by atoms with Crippen LogP contribution in [0.3, 0.4) is 0 Å². The number of halogens is 2. The molecule has 1 saturated heterocycles. The first-order valence-corrected chi connectivity index (χ1v) is 8.76. The van der Waals surface area contributed by atoms with Crippen LogP contribution in [0, 0.1) is 11.8 Å². The second-order valence-corrected chi connectivity index (χ2v) is 6.86. The summed E-state index contributed by atoms with van der Waals surface area (Å²) in [5.41, 5.74) is 1.30. The number of piperidine rings is 1. The van der Waals surface area contributed by atoms with Gasteiger partial charge in [-0.15, -0.1) is 0 Å². The van der Waals surface area contributed by atoms with Gasteiger partial charge in [-0.25, -0.2) is 13.8 Å². The number of hydrogen-bond acceptors (Lipinski definition) is 4. The maximum Gasteiger partial charge on any atom is 0.280 e. The van der Waals surface area contributed by atoms with Gasteiger partial charge < -0.3 is 9.64 Å². The van der Waals surface area contributed by atoms with Crippen molar-refractivity contribution in [2.45, 2.75) is 32.9 Å². The summed E-state index contributed by atoms with van der Waals surface area (Å²) in [5, 5.41) is 4.23. The molecule has 1 aliphatic heterocycles. The zero-order valence-electron chi connectivity index (χ0n) is 14.2. The Balaban J connectivity index is 1.51. The maximum atomic E-state index is 13.5. The Labute approximate surface area is 145 Å². The third-order valence-corrected chi connectivity index (χ3v) is 5.00. The van der Waals surface area contributed by atoms with Crippen molar-refractivity contribution in [2.24, 2.45) is 11.8 Å². The number of pyridine rings is 1. The second-order valence-electron chi connectivity index (χ2n) is 6.86. The maximum absolute atomic E-state index is 13.5. The van der Waals surface area contributed by atoms with Gasteiger partial charge in [0.25, 0.3) is 6.43 Å². The minimum atomic E-state index is -2.59. The topological polar surface area (TPSA) is 43.2 Å². The first-order chi connectivity index (χ1) is 12.1. The van der Waals surface area contributed by atoms with E-state index in [4.69, 9.17) is 4.74 Å². The van der Waals surface area contributed by atoms with E-state index in [0.29, 0.717) is 24.6 Å². The zero-order chi connectivity index (χ0) is 17.4. The van der Waals surface area contributed by atoms with Gasteiger partial charge >= 0.3 is 0 Å². The van der Waals surface area contributed by atoms with Crippen LogP contribution in [0.5, 0.6) is 0 Å². The molecule has 2 unspecified atom stereocenters. The molecule has 0 N–H and O–H groups in total. The van der Waals surface area contributed by atoms with Crippen LogP contribution in [0.4, 0.5) is 14.6 Å². The number of rotatable bonds is 7. The van der Waals surface area contributed by atoms with E-state index >= 15 is 0 Å². The predicted molar refractivity (Wildman–Crippen MR) is 89.7 cm³/mol. The molecular formula is C18H22F2N4O. The van der Waals surface area contributed by atoms with Crippen molar-refractivity contribution in [3.05, 3.63) is 41.3 Å². The van der Waals surface area contributed by atoms with Gasteiger partial charge in [-0.05, 0) is 31.2 Å². The molecule has 2 aromatic rings. The van der Waals surface area contributed by atoms with Crippen LogP contribution in [-0.2, 0) is 17.9 Å². The van der Waals surface area contributed by atoms with Gasteiger partial charge in [-0.3, -0.25) is 4.68 Å². The van der Waals surface area contributed by atoms with E-state index in [1.54, 1.807) is 16.9 Å². The zero-order valence-corrected chi connectivity index (χ0v) is 14.2. The van der Waals surface area contributed by atoms with Gasteiger partial charge in [-0.2, -0.15) is 5.10 Å². The average molecular weight is 348 g/mol. The number of nitrogens with zero attached hydrogens (tertiary/aromatic N) is 4. The van der Waals surface area contributed by atoms with Gasteiger partial charge in [0, 0.05) is 37.0 Å². The smallest absolute Gasteiger partial charge is 0.280 e. The lowest BCUT2D eigenvalue weighted by molar-refractivity contribution is 0.134. The lowest BCUT2D eigenvalue weighted by Gasteiger charge is -2.20. The Kier molecular flexibility index (Phi) is 4.41. The molecule has 134 valence electrons. The standard InChI is InChI=1S/C18H22F2N4O/c1-2-25-11-12-6-21-24(7-12)10-13-3-4-16(22-17(13)18(19)20)23-8-14-5-15(14)9-23/h3-4,6-7,14-15,18H,2,5,8-11H2,1H3. The number of hydrogen-bond donors (Lipinski definition) is 0. The first kappa shape index (κ1) is 16.4. The third kappa shape index (κ3) is 3.51. The van der Waals surface area contributed by atoms with Crippen LogP contribution in [0.2, 0.25) is 0 Å². The summed E-state index contributed by atoms with van der Waals surface area (Å²) in [6, 6.07) is 3.62. The lowest BCUT2D eigenvalue weighted by Crippen LogP contribution is -2.23. The van der Waals surface area contributed by atoms with Crippen molar-refractivity contribution in [1.29, 1.82) is 0 Å². The Bertz CT molecular complexity index is 738. The summed E-state index contributed by atoms with van der Waals surface area (Å²) in [4.78, 5) is 6.40. The Morgan fingerprint density at radius 2 is 2.08 bits per heavy atom. The van der Waals surface area contributed by atoms with E-state index < -0.39 is 6.43 Å². The quantitative estimate of drug-likeness (QED) is 0.770. The molecular weight excluding hydrogens is 326 g/mol. The Morgan fingerprint density at radius 1 is 1.28 bits per heavy atom. The van der Waals surface area contributed by atoms with Crippen LogP contribution in [-0.4, -0.2) is 34.5 Å². The highest BCUT2D eigenvalue weighted by Gasteiger charge is 2.45. The van der Waals surface area contributed by atoms with Crippen LogP contribution in [0.1, 0.15) is 36.6 Å². The number of aromatic nitrogens is 3. The fourth-order valence-corrected chi connectivity index (χ4v) is 3.54. The number of fused-ring (bicyclic) bond motifs is 1. The minimum absolute atomic E-state index is 0.139. The summed E-state index contributed by atoms with van der Waals surface area (Å²) < 4.78 is 34.0. The summed E-state index contributed by atoms with van der Waals surface area (Å²) in [5.74, 6) is 2.15. The largest absolute Gasteiger partial charge is 0.377 e. The van der Waals surface area contributed by atoms with Crippen LogP contribution < -0.4 is 4.90 Å². The van der Waals surface area contributed by atoms with Crippen molar-refractivity contribution < 1.29 is 13.5 Å². The number of alkyl halides is 2. The summed E-state index contributed by atoms with van der Waals surface area (Å²) in [7, 11) is 0. The molecule has 1 aliphatic carbocycles. The molecule has 3 heterocycles. The molecule has 0 aromatic carbocycles. The van der Waals surface area contributed by atoms with E-state index in [1.807, 2.05) is 19.2 Å². The van der Waals surface area contributed by atoms with Crippen molar-refractivity contribution in [1.82, 2.24) is 14.8 Å². The van der Waals surface area contributed by atoms with Gasteiger partial charge in [0.05, 0.1) is 19.3 Å². The van der Waals surface area contributed by atoms with Gasteiger partial charge in [-0.1, -0.05) is 6.07 Å². The highest BCUT2D eigenvalue weighted by atomic mass is 19.3. The first-order valence-electron chi connectivity index (χ1n) is 8.76. The van der Waals surface area contributed by atoms with E-state index in [1.165, 1.54) is 6.42 Å². The Hall–Kier alpha value is -2.02. The Morgan fingerprint density at radius 3 is 2.80 bits per heavy atom. The van der Waals surface area contributed by atoms with E-state index in [9.17, 15) is 8.78 Å². The predicted octanol–water partition coefficient (Wildman–Crippen LogP) is 3.26. The molecule has 0 amide bonds. The van der Waals surface area contributed by atoms with E-state index in [2.05, 4.69) is 15.0 Å². The SMILES string of the molecule is CCOCc1cnn(Cc2ccc(N3CC4CC4C3)nc2C(F)F)c1. The van der Waals surface area contributed by atoms with Crippen molar-refractivity contribution in [2.75, 3.05) is 24.6 Å². The van der Waals surface area contributed by atoms with E-state index in [-0.39, 0.29) is 12.2 Å². The molecule has 0 spiro atoms. The molecule has 4 rings (SSSR count). The van der Waals surface area contributed by atoms with Gasteiger partial charge in [0.1, 0.15) is 11.5 Å². The molecule has 2 aromatic heterocycles. The van der Waals surface area contributed by atoms with Crippen molar-refractivity contribution in [3.63, 3.8) is 0 Å². The molecule has 0 bridgehead atoms. The normalized spacial score (nSPS) is 21.8. The fourth-order valence-electron chi connectivity index (χ4n) is 3.54. The van der Waals surface area contributed by atoms with Gasteiger partial charge in [0.15, 0.2) is 0 Å². The van der Waals surface area contributed by atoms with Crippen molar-refractivity contribution >= 4 is 5.82 Å². The second kappa shape index (κ2) is 6.71. The number of anilines is 1. The molecule has 7 heteroatoms. The summed E-state index contributed by atoms with van der Waals surface area (Å²) >= 11 is 0. The monoisotopic (exact) mass is 348 g/mol. The van der Waals surface area contributed by atoms with Crippen LogP contribution in [0.25, 0.3) is 0 Å². The number of ether oxygens (including phenoxy) is 1. The van der Waals surface area contributed by atoms with Gasteiger partial charge in [0.2, 0.25) is 0 Å². The molecule has 25 heavy (non-hydrogen) atoms. The molecule has 2 atom stereocenters. The van der Waals surface area contributed by atoms with Crippen molar-refractivity contribution in [3.8, 4) is 0 Å². The molecule has 2 fully saturated rings. The molecule has 0 radical (unpaired) electrons.